The van der Waals surface area contributed by atoms with Crippen molar-refractivity contribution >= 4 is 18.6 Å². The predicted octanol–water partition coefficient (Wildman–Crippen LogP) is 2.27. The maximum absolute atomic E-state index is 12.5. The monoisotopic (exact) mass is 402 g/mol. The third-order valence-electron chi connectivity index (χ3n) is 4.09. The molecule has 0 saturated carbocycles. The molecule has 2 aliphatic heterocycles. The van der Waals surface area contributed by atoms with Gasteiger partial charge in [-0.15, -0.1) is 12.6 Å². The Morgan fingerprint density at radius 1 is 1.43 bits per heavy atom. The molecule has 1 atom stereocenters. The molecule has 2 N–H and O–H groups in total. The molecule has 0 spiro atoms. The van der Waals surface area contributed by atoms with E-state index in [1.807, 2.05) is 6.07 Å². The molecule has 3 heterocycles. The van der Waals surface area contributed by atoms with Gasteiger partial charge in [0.05, 0.1) is 47.5 Å². The highest BCUT2D eigenvalue weighted by molar-refractivity contribution is 7.84. The number of ether oxygens (including phenoxy) is 2. The summed E-state index contributed by atoms with van der Waals surface area (Å²) in [5.41, 5.74) is 2.17. The van der Waals surface area contributed by atoms with Gasteiger partial charge >= 0.3 is 5.97 Å². The van der Waals surface area contributed by atoms with E-state index < -0.39 is 11.9 Å². The first-order valence-electron chi connectivity index (χ1n) is 9.16. The fourth-order valence-electron chi connectivity index (χ4n) is 2.87. The fourth-order valence-corrected chi connectivity index (χ4v) is 3.22. The van der Waals surface area contributed by atoms with E-state index in [1.54, 1.807) is 39.2 Å². The number of rotatable bonds is 3. The number of allylic oxidation sites excluding steroid dienone is 2. The van der Waals surface area contributed by atoms with Gasteiger partial charge in [-0.25, -0.2) is 4.79 Å². The summed E-state index contributed by atoms with van der Waals surface area (Å²) in [4.78, 5) is 16.6. The average Bonchev–Trinajstić information content (AvgIpc) is 2.69. The number of carbonyl (C=O) groups excluding carboxylic acids is 1. The second-order valence-corrected chi connectivity index (χ2v) is 7.02. The molecule has 7 nitrogen and oxygen atoms in total. The number of esters is 1. The van der Waals surface area contributed by atoms with Crippen LogP contribution < -0.4 is 10.6 Å². The van der Waals surface area contributed by atoms with Crippen LogP contribution in [-0.4, -0.2) is 43.4 Å². The molecule has 1 unspecified atom stereocenters. The molecule has 0 aliphatic carbocycles. The van der Waals surface area contributed by atoms with E-state index >= 15 is 0 Å². The number of nitrogens with one attached hydrogen (secondary N) is 2. The predicted molar refractivity (Wildman–Crippen MR) is 109 cm³/mol. The lowest BCUT2D eigenvalue weighted by Crippen LogP contribution is -2.30. The molecule has 1 fully saturated rings. The first kappa shape index (κ1) is 22.0. The Balaban J connectivity index is 0.000000397. The SMILES string of the molecule is C1COCCN1.CC1=C(C(=O)OC(C)C)C(c2cccnc2)C(C#N)=C(S)N1. The van der Waals surface area contributed by atoms with Gasteiger partial charge in [0.25, 0.3) is 0 Å². The highest BCUT2D eigenvalue weighted by atomic mass is 32.1. The Morgan fingerprint density at radius 3 is 2.61 bits per heavy atom. The first-order valence-corrected chi connectivity index (χ1v) is 9.60. The van der Waals surface area contributed by atoms with Crippen LogP contribution in [0, 0.1) is 11.3 Å². The van der Waals surface area contributed by atoms with Crippen molar-refractivity contribution in [1.29, 1.82) is 5.26 Å². The van der Waals surface area contributed by atoms with Crippen LogP contribution in [0.2, 0.25) is 0 Å². The number of hydrogen-bond acceptors (Lipinski definition) is 8. The summed E-state index contributed by atoms with van der Waals surface area (Å²) in [5.74, 6) is -0.971. The topological polar surface area (TPSA) is 96.3 Å². The standard InChI is InChI=1S/C16H17N3O2S.C4H9NO/c1-9(2)21-16(20)13-10(3)19-15(22)12(7-17)14(13)11-5-4-6-18-8-11;1-3-6-4-2-5-1/h4-6,8-9,14,19,22H,1-3H3;5H,1-4H2. The van der Waals surface area contributed by atoms with Gasteiger partial charge in [-0.1, -0.05) is 6.07 Å². The minimum Gasteiger partial charge on any atom is -0.460 e. The summed E-state index contributed by atoms with van der Waals surface area (Å²) in [7, 11) is 0. The first-order chi connectivity index (χ1) is 13.5. The highest BCUT2D eigenvalue weighted by Gasteiger charge is 2.35. The molecule has 150 valence electrons. The van der Waals surface area contributed by atoms with Crippen molar-refractivity contribution in [3.8, 4) is 6.07 Å². The lowest BCUT2D eigenvalue weighted by atomic mass is 9.83. The minimum absolute atomic E-state index is 0.241. The molecule has 0 radical (unpaired) electrons. The zero-order valence-electron chi connectivity index (χ0n) is 16.4. The molecule has 2 aliphatic rings. The number of hydrogen-bond donors (Lipinski definition) is 3. The van der Waals surface area contributed by atoms with Crippen LogP contribution >= 0.6 is 12.6 Å². The van der Waals surface area contributed by atoms with Gasteiger partial charge in [0.15, 0.2) is 0 Å². The van der Waals surface area contributed by atoms with Crippen molar-refractivity contribution in [3.05, 3.63) is 52.0 Å². The minimum atomic E-state index is -0.529. The number of nitriles is 1. The summed E-state index contributed by atoms with van der Waals surface area (Å²) in [6.07, 6.45) is 3.05. The van der Waals surface area contributed by atoms with Gasteiger partial charge in [0.1, 0.15) is 0 Å². The van der Waals surface area contributed by atoms with Gasteiger partial charge in [-0.05, 0) is 32.4 Å². The number of dihydropyridines is 1. The molecule has 0 bridgehead atoms. The van der Waals surface area contributed by atoms with Crippen molar-refractivity contribution in [2.45, 2.75) is 32.8 Å². The lowest BCUT2D eigenvalue weighted by molar-refractivity contribution is -0.143. The molecular weight excluding hydrogens is 376 g/mol. The third kappa shape index (κ3) is 5.83. The van der Waals surface area contributed by atoms with Crippen LogP contribution in [0.4, 0.5) is 0 Å². The molecule has 1 aromatic rings. The number of thiol groups is 1. The van der Waals surface area contributed by atoms with Crippen LogP contribution in [0.1, 0.15) is 32.3 Å². The summed E-state index contributed by atoms with van der Waals surface area (Å²) in [5, 5.41) is 16.0. The van der Waals surface area contributed by atoms with E-state index in [2.05, 4.69) is 34.3 Å². The third-order valence-corrected chi connectivity index (χ3v) is 4.44. The molecule has 0 aromatic carbocycles. The smallest absolute Gasteiger partial charge is 0.337 e. The van der Waals surface area contributed by atoms with Gasteiger partial charge in [0.2, 0.25) is 0 Å². The number of carbonyl (C=O) groups is 1. The van der Waals surface area contributed by atoms with Crippen molar-refractivity contribution in [2.24, 2.45) is 0 Å². The van der Waals surface area contributed by atoms with Crippen molar-refractivity contribution in [1.82, 2.24) is 15.6 Å². The Labute approximate surface area is 171 Å². The van der Waals surface area contributed by atoms with E-state index in [4.69, 9.17) is 9.47 Å². The van der Waals surface area contributed by atoms with Gasteiger partial charge in [-0.3, -0.25) is 4.98 Å². The Bertz CT molecular complexity index is 769. The fraction of sp³-hybridized carbons (Fsp3) is 0.450. The second kappa shape index (κ2) is 10.9. The van der Waals surface area contributed by atoms with Crippen LogP contribution in [0.5, 0.6) is 0 Å². The largest absolute Gasteiger partial charge is 0.460 e. The normalized spacial score (nSPS) is 19.4. The number of morpholine rings is 1. The van der Waals surface area contributed by atoms with E-state index in [-0.39, 0.29) is 6.10 Å². The molecule has 8 heteroatoms. The molecule has 0 amide bonds. The summed E-state index contributed by atoms with van der Waals surface area (Å²) in [6, 6.07) is 5.73. The lowest BCUT2D eigenvalue weighted by Gasteiger charge is -2.28. The van der Waals surface area contributed by atoms with Crippen LogP contribution in [-0.2, 0) is 14.3 Å². The Hall–Kier alpha value is -2.34. The molecule has 28 heavy (non-hydrogen) atoms. The molecule has 3 rings (SSSR count). The number of pyridine rings is 1. The maximum Gasteiger partial charge on any atom is 0.337 e. The van der Waals surface area contributed by atoms with Crippen LogP contribution in [0.15, 0.2) is 46.4 Å². The van der Waals surface area contributed by atoms with Crippen molar-refractivity contribution in [3.63, 3.8) is 0 Å². The molecule has 1 saturated heterocycles. The van der Waals surface area contributed by atoms with E-state index in [1.165, 1.54) is 0 Å². The van der Waals surface area contributed by atoms with Crippen molar-refractivity contribution in [2.75, 3.05) is 26.3 Å². The zero-order valence-corrected chi connectivity index (χ0v) is 17.3. The number of nitrogens with zero attached hydrogens (tertiary/aromatic N) is 2. The van der Waals surface area contributed by atoms with E-state index in [0.717, 1.165) is 31.9 Å². The van der Waals surface area contributed by atoms with Gasteiger partial charge < -0.3 is 20.1 Å². The number of aromatic nitrogens is 1. The second-order valence-electron chi connectivity index (χ2n) is 6.57. The van der Waals surface area contributed by atoms with Gasteiger partial charge in [-0.2, -0.15) is 5.26 Å². The van der Waals surface area contributed by atoms with Crippen molar-refractivity contribution < 1.29 is 14.3 Å². The van der Waals surface area contributed by atoms with Crippen LogP contribution in [0.25, 0.3) is 0 Å². The Morgan fingerprint density at radius 2 is 2.14 bits per heavy atom. The summed E-state index contributed by atoms with van der Waals surface area (Å²) >= 11 is 4.32. The summed E-state index contributed by atoms with van der Waals surface area (Å²) in [6.45, 7) is 9.17. The van der Waals surface area contributed by atoms with Crippen LogP contribution in [0.3, 0.4) is 0 Å². The van der Waals surface area contributed by atoms with E-state index in [0.29, 0.717) is 21.9 Å². The average molecular weight is 403 g/mol. The zero-order chi connectivity index (χ0) is 20.5. The van der Waals surface area contributed by atoms with E-state index in [9.17, 15) is 10.1 Å². The quantitative estimate of drug-likeness (QED) is 0.527. The Kier molecular flexibility index (Phi) is 8.51. The molecular formula is C20H26N4O3S. The maximum atomic E-state index is 12.5. The summed E-state index contributed by atoms with van der Waals surface area (Å²) < 4.78 is 10.3. The highest BCUT2D eigenvalue weighted by Crippen LogP contribution is 2.38. The van der Waals surface area contributed by atoms with Gasteiger partial charge in [0, 0.05) is 31.2 Å². The molecule has 1 aromatic heterocycles.